The van der Waals surface area contributed by atoms with Crippen LogP contribution >= 0.6 is 24.0 Å². The lowest BCUT2D eigenvalue weighted by Gasteiger charge is -2.30. The van der Waals surface area contributed by atoms with Crippen molar-refractivity contribution in [1.82, 2.24) is 25.5 Å². The Kier molecular flexibility index (Phi) is 9.77. The molecule has 6 nitrogen and oxygen atoms in total. The van der Waals surface area contributed by atoms with Gasteiger partial charge in [-0.05, 0) is 50.4 Å². The number of benzene rings is 1. The van der Waals surface area contributed by atoms with E-state index < -0.39 is 0 Å². The molecule has 1 fully saturated rings. The molecule has 0 saturated carbocycles. The van der Waals surface area contributed by atoms with Gasteiger partial charge in [-0.1, -0.05) is 37.3 Å². The lowest BCUT2D eigenvalue weighted by Crippen LogP contribution is -2.39. The number of guanidine groups is 1. The van der Waals surface area contributed by atoms with E-state index in [1.807, 2.05) is 24.4 Å². The van der Waals surface area contributed by atoms with E-state index in [9.17, 15) is 0 Å². The first kappa shape index (κ1) is 22.7. The molecule has 1 aromatic heterocycles. The minimum atomic E-state index is 0. The molecule has 1 aliphatic heterocycles. The van der Waals surface area contributed by atoms with Crippen molar-refractivity contribution in [1.29, 1.82) is 0 Å². The number of piperidine rings is 1. The lowest BCUT2D eigenvalue weighted by atomic mass is 9.99. The number of rotatable bonds is 7. The predicted octanol–water partition coefficient (Wildman–Crippen LogP) is 3.48. The third-order valence-electron chi connectivity index (χ3n) is 5.18. The van der Waals surface area contributed by atoms with Gasteiger partial charge in [0.15, 0.2) is 5.96 Å². The Morgan fingerprint density at radius 3 is 2.68 bits per heavy atom. The Bertz CT molecular complexity index is 707. The smallest absolute Gasteiger partial charge is 0.191 e. The number of nitrogens with zero attached hydrogens (tertiary/aromatic N) is 3. The second kappa shape index (κ2) is 12.1. The molecular formula is C21H33IN6. The molecule has 1 aromatic carbocycles. The Morgan fingerprint density at radius 2 is 1.96 bits per heavy atom. The van der Waals surface area contributed by atoms with Crippen LogP contribution in [0.4, 0.5) is 0 Å². The molecule has 3 N–H and O–H groups in total. The minimum Gasteiger partial charge on any atom is -0.356 e. The molecule has 3 rings (SSSR count). The van der Waals surface area contributed by atoms with Crippen molar-refractivity contribution in [2.75, 3.05) is 33.2 Å². The van der Waals surface area contributed by atoms with Crippen molar-refractivity contribution >= 4 is 29.9 Å². The number of halogens is 1. The van der Waals surface area contributed by atoms with Crippen LogP contribution in [0.5, 0.6) is 0 Å². The average molecular weight is 496 g/mol. The maximum Gasteiger partial charge on any atom is 0.191 e. The second-order valence-electron chi connectivity index (χ2n) is 7.34. The van der Waals surface area contributed by atoms with Crippen molar-refractivity contribution in [3.05, 3.63) is 42.4 Å². The fourth-order valence-electron chi connectivity index (χ4n) is 3.40. The zero-order valence-electron chi connectivity index (χ0n) is 16.9. The molecule has 154 valence electrons. The minimum absolute atomic E-state index is 0. The van der Waals surface area contributed by atoms with Gasteiger partial charge in [-0.2, -0.15) is 0 Å². The fourth-order valence-corrected chi connectivity index (χ4v) is 3.40. The Morgan fingerprint density at radius 1 is 1.21 bits per heavy atom. The van der Waals surface area contributed by atoms with E-state index in [4.69, 9.17) is 0 Å². The molecule has 7 heteroatoms. The zero-order chi connectivity index (χ0) is 18.9. The molecule has 0 spiro atoms. The third-order valence-corrected chi connectivity index (χ3v) is 5.18. The van der Waals surface area contributed by atoms with Crippen LogP contribution in [0.3, 0.4) is 0 Å². The SMILES string of the molecule is CN=C(NCCCN1CCC(C)CC1)NCc1ncc(-c2ccccc2)[nH]1.I. The number of aromatic nitrogens is 2. The lowest BCUT2D eigenvalue weighted by molar-refractivity contribution is 0.191. The van der Waals surface area contributed by atoms with Gasteiger partial charge in [0.25, 0.3) is 0 Å². The second-order valence-corrected chi connectivity index (χ2v) is 7.34. The van der Waals surface area contributed by atoms with Crippen molar-refractivity contribution in [2.24, 2.45) is 10.9 Å². The number of likely N-dealkylation sites (tertiary alicyclic amines) is 1. The normalized spacial score (nSPS) is 15.9. The number of hydrogen-bond donors (Lipinski definition) is 3. The van der Waals surface area contributed by atoms with Crippen LogP contribution in [0, 0.1) is 5.92 Å². The summed E-state index contributed by atoms with van der Waals surface area (Å²) in [6.07, 6.45) is 5.69. The maximum absolute atomic E-state index is 4.46. The number of aliphatic imine (C=N–C) groups is 1. The Balaban J connectivity index is 0.00000280. The van der Waals surface area contributed by atoms with Crippen molar-refractivity contribution < 1.29 is 0 Å². The van der Waals surface area contributed by atoms with Gasteiger partial charge in [-0.15, -0.1) is 24.0 Å². The van der Waals surface area contributed by atoms with Gasteiger partial charge < -0.3 is 20.5 Å². The molecule has 0 unspecified atom stereocenters. The highest BCUT2D eigenvalue weighted by Crippen LogP contribution is 2.16. The van der Waals surface area contributed by atoms with Gasteiger partial charge >= 0.3 is 0 Å². The summed E-state index contributed by atoms with van der Waals surface area (Å²) in [5.74, 6) is 2.62. The quantitative estimate of drug-likeness (QED) is 0.238. The Hall–Kier alpha value is -1.61. The zero-order valence-corrected chi connectivity index (χ0v) is 19.3. The number of H-pyrrole nitrogens is 1. The van der Waals surface area contributed by atoms with E-state index in [-0.39, 0.29) is 24.0 Å². The van der Waals surface area contributed by atoms with Crippen LogP contribution in [-0.2, 0) is 6.54 Å². The third kappa shape index (κ3) is 7.09. The first-order valence-electron chi connectivity index (χ1n) is 10.0. The first-order valence-corrected chi connectivity index (χ1v) is 10.0. The monoisotopic (exact) mass is 496 g/mol. The summed E-state index contributed by atoms with van der Waals surface area (Å²) in [5, 5.41) is 6.72. The molecule has 1 aliphatic rings. The van der Waals surface area contributed by atoms with Gasteiger partial charge in [-0.25, -0.2) is 4.98 Å². The van der Waals surface area contributed by atoms with Gasteiger partial charge in [0.2, 0.25) is 0 Å². The summed E-state index contributed by atoms with van der Waals surface area (Å²) < 4.78 is 0. The van der Waals surface area contributed by atoms with E-state index >= 15 is 0 Å². The molecule has 2 heterocycles. The molecule has 0 radical (unpaired) electrons. The van der Waals surface area contributed by atoms with Crippen LogP contribution in [-0.4, -0.2) is 54.1 Å². The van der Waals surface area contributed by atoms with Crippen LogP contribution in [0.15, 0.2) is 41.5 Å². The predicted molar refractivity (Wildman–Crippen MR) is 127 cm³/mol. The van der Waals surface area contributed by atoms with E-state index in [0.717, 1.165) is 48.5 Å². The molecule has 1 saturated heterocycles. The fraction of sp³-hybridized carbons (Fsp3) is 0.524. The highest BCUT2D eigenvalue weighted by Gasteiger charge is 2.14. The summed E-state index contributed by atoms with van der Waals surface area (Å²) in [6.45, 7) is 7.56. The summed E-state index contributed by atoms with van der Waals surface area (Å²) in [7, 11) is 1.80. The number of hydrogen-bond acceptors (Lipinski definition) is 3. The molecule has 28 heavy (non-hydrogen) atoms. The van der Waals surface area contributed by atoms with E-state index in [2.05, 4.69) is 49.6 Å². The van der Waals surface area contributed by atoms with Crippen molar-refractivity contribution in [3.8, 4) is 11.3 Å². The standard InChI is InChI=1S/C21H32N6.HI/c1-17-9-13-27(14-10-17)12-6-11-23-21(22-2)25-16-20-24-15-19(26-20)18-7-4-3-5-8-18;/h3-5,7-8,15,17H,6,9-14,16H2,1-2H3,(H,24,26)(H2,22,23,25);1H. The number of nitrogens with one attached hydrogen (secondary N) is 3. The first-order chi connectivity index (χ1) is 13.2. The highest BCUT2D eigenvalue weighted by molar-refractivity contribution is 14.0. The topological polar surface area (TPSA) is 68.3 Å². The van der Waals surface area contributed by atoms with E-state index in [1.165, 1.54) is 25.9 Å². The van der Waals surface area contributed by atoms with Gasteiger partial charge in [0.1, 0.15) is 5.82 Å². The van der Waals surface area contributed by atoms with Gasteiger partial charge in [-0.3, -0.25) is 4.99 Å². The summed E-state index contributed by atoms with van der Waals surface area (Å²) in [5.41, 5.74) is 2.18. The molecular weight excluding hydrogens is 463 g/mol. The highest BCUT2D eigenvalue weighted by atomic mass is 127. The van der Waals surface area contributed by atoms with Crippen molar-refractivity contribution in [2.45, 2.75) is 32.7 Å². The van der Waals surface area contributed by atoms with Gasteiger partial charge in [0, 0.05) is 13.6 Å². The van der Waals surface area contributed by atoms with Crippen LogP contribution < -0.4 is 10.6 Å². The molecule has 0 amide bonds. The van der Waals surface area contributed by atoms with Crippen LogP contribution in [0.25, 0.3) is 11.3 Å². The largest absolute Gasteiger partial charge is 0.356 e. The molecule has 0 atom stereocenters. The molecule has 0 aliphatic carbocycles. The maximum atomic E-state index is 4.46. The molecule has 2 aromatic rings. The van der Waals surface area contributed by atoms with Crippen molar-refractivity contribution in [3.63, 3.8) is 0 Å². The summed E-state index contributed by atoms with van der Waals surface area (Å²) >= 11 is 0. The van der Waals surface area contributed by atoms with E-state index in [1.54, 1.807) is 7.05 Å². The van der Waals surface area contributed by atoms with E-state index in [0.29, 0.717) is 6.54 Å². The van der Waals surface area contributed by atoms with Crippen LogP contribution in [0.1, 0.15) is 32.0 Å². The number of aromatic amines is 1. The summed E-state index contributed by atoms with van der Waals surface area (Å²) in [6, 6.07) is 10.2. The van der Waals surface area contributed by atoms with Crippen LogP contribution in [0.2, 0.25) is 0 Å². The Labute approximate surface area is 185 Å². The summed E-state index contributed by atoms with van der Waals surface area (Å²) in [4.78, 5) is 14.7. The number of imidazole rings is 1. The average Bonchev–Trinajstić information content (AvgIpc) is 3.18. The molecule has 0 bridgehead atoms. The van der Waals surface area contributed by atoms with Gasteiger partial charge in [0.05, 0.1) is 18.4 Å².